The van der Waals surface area contributed by atoms with Gasteiger partial charge in [0.05, 0.1) is 25.2 Å². The molecule has 0 aliphatic carbocycles. The number of carbonyl (C=O) groups is 1. The molecular weight excluding hydrogens is 447 g/mol. The highest BCUT2D eigenvalue weighted by Gasteiger charge is 2.31. The summed E-state index contributed by atoms with van der Waals surface area (Å²) in [5.41, 5.74) is 1.69. The summed E-state index contributed by atoms with van der Waals surface area (Å²) < 4.78 is 45.8. The molecule has 0 fully saturated rings. The number of carboxylic acid groups (broad SMARTS) is 1. The smallest absolute Gasteiger partial charge is 0.416 e. The number of benzene rings is 3. The minimum absolute atomic E-state index is 0.0383. The number of nitrogens with one attached hydrogen (secondary N) is 1. The molecule has 5 nitrogen and oxygen atoms in total. The summed E-state index contributed by atoms with van der Waals surface area (Å²) in [6, 6.07) is 16.8. The second-order valence-electron chi connectivity index (χ2n) is 8.00. The second-order valence-corrected chi connectivity index (χ2v) is 8.00. The standard InChI is InChI=1S/C26H26F3NO4/c1-16(25(33)18-6-4-3-5-7-18)30-15-19-14-20(26(27,28)29)9-10-21(19)22-12-17(13-24(31)32)8-11-23(22)34-2/h3-12,14,16,25,30,33H,13,15H2,1-2H3,(H,31,32)/t16-,25-/m0/s1. The second kappa shape index (κ2) is 10.7. The van der Waals surface area contributed by atoms with Crippen LogP contribution in [0, 0.1) is 0 Å². The van der Waals surface area contributed by atoms with Gasteiger partial charge >= 0.3 is 12.1 Å². The quantitative estimate of drug-likeness (QED) is 0.397. The summed E-state index contributed by atoms with van der Waals surface area (Å²) in [5, 5.41) is 22.9. The van der Waals surface area contributed by atoms with Crippen molar-refractivity contribution in [2.75, 3.05) is 7.11 Å². The minimum atomic E-state index is -4.53. The molecule has 34 heavy (non-hydrogen) atoms. The van der Waals surface area contributed by atoms with Crippen molar-refractivity contribution in [2.24, 2.45) is 0 Å². The Kier molecular flexibility index (Phi) is 7.96. The number of aliphatic carboxylic acids is 1. The molecule has 0 amide bonds. The molecule has 0 saturated carbocycles. The average molecular weight is 473 g/mol. The monoisotopic (exact) mass is 473 g/mol. The van der Waals surface area contributed by atoms with E-state index in [4.69, 9.17) is 9.84 Å². The fraction of sp³-hybridized carbons (Fsp3) is 0.269. The SMILES string of the molecule is COc1ccc(CC(=O)O)cc1-c1ccc(C(F)(F)F)cc1CN[C@@H](C)[C@H](O)c1ccccc1. The minimum Gasteiger partial charge on any atom is -0.496 e. The lowest BCUT2D eigenvalue weighted by Gasteiger charge is -2.22. The average Bonchev–Trinajstić information content (AvgIpc) is 2.81. The molecule has 0 unspecified atom stereocenters. The van der Waals surface area contributed by atoms with E-state index in [1.54, 1.807) is 49.4 Å². The molecular formula is C26H26F3NO4. The number of aliphatic hydroxyl groups excluding tert-OH is 1. The predicted octanol–water partition coefficient (Wildman–Crippen LogP) is 5.22. The van der Waals surface area contributed by atoms with Crippen LogP contribution in [0.2, 0.25) is 0 Å². The van der Waals surface area contributed by atoms with E-state index in [1.165, 1.54) is 13.2 Å². The summed E-state index contributed by atoms with van der Waals surface area (Å²) in [6.45, 7) is 1.79. The van der Waals surface area contributed by atoms with Gasteiger partial charge in [-0.2, -0.15) is 13.2 Å². The van der Waals surface area contributed by atoms with Gasteiger partial charge in [-0.25, -0.2) is 0 Å². The van der Waals surface area contributed by atoms with E-state index in [0.29, 0.717) is 33.6 Å². The third kappa shape index (κ3) is 6.15. The number of rotatable bonds is 9. The molecule has 0 spiro atoms. The molecule has 3 aromatic carbocycles. The van der Waals surface area contributed by atoms with Crippen molar-refractivity contribution in [3.05, 3.63) is 89.0 Å². The van der Waals surface area contributed by atoms with Crippen LogP contribution in [0.25, 0.3) is 11.1 Å². The Balaban J connectivity index is 1.98. The summed E-state index contributed by atoms with van der Waals surface area (Å²) in [7, 11) is 1.44. The number of ether oxygens (including phenoxy) is 1. The number of hydrogen-bond donors (Lipinski definition) is 3. The zero-order valence-corrected chi connectivity index (χ0v) is 18.8. The van der Waals surface area contributed by atoms with Gasteiger partial charge in [-0.15, -0.1) is 0 Å². The Labute approximate surface area is 195 Å². The van der Waals surface area contributed by atoms with E-state index >= 15 is 0 Å². The van der Waals surface area contributed by atoms with Crippen LogP contribution in [0.1, 0.15) is 35.3 Å². The van der Waals surface area contributed by atoms with Gasteiger partial charge < -0.3 is 20.3 Å². The van der Waals surface area contributed by atoms with Crippen LogP contribution in [0.4, 0.5) is 13.2 Å². The fourth-order valence-corrected chi connectivity index (χ4v) is 3.75. The molecule has 0 aliphatic rings. The summed E-state index contributed by atoms with van der Waals surface area (Å²) >= 11 is 0. The van der Waals surface area contributed by atoms with Crippen LogP contribution >= 0.6 is 0 Å². The van der Waals surface area contributed by atoms with Crippen LogP contribution < -0.4 is 10.1 Å². The lowest BCUT2D eigenvalue weighted by atomic mass is 9.94. The molecule has 0 saturated heterocycles. The normalized spacial score (nSPS) is 13.4. The van der Waals surface area contributed by atoms with Crippen LogP contribution in [0.15, 0.2) is 66.7 Å². The number of methoxy groups -OCH3 is 1. The van der Waals surface area contributed by atoms with E-state index < -0.39 is 29.9 Å². The highest BCUT2D eigenvalue weighted by Crippen LogP contribution is 2.37. The highest BCUT2D eigenvalue weighted by atomic mass is 19.4. The molecule has 0 radical (unpaired) electrons. The summed E-state index contributed by atoms with van der Waals surface area (Å²) in [6.07, 6.45) is -5.62. The van der Waals surface area contributed by atoms with Gasteiger partial charge in [-0.1, -0.05) is 42.5 Å². The molecule has 2 atom stereocenters. The first-order valence-corrected chi connectivity index (χ1v) is 10.7. The Morgan fingerprint density at radius 2 is 1.74 bits per heavy atom. The zero-order valence-electron chi connectivity index (χ0n) is 18.8. The third-order valence-corrected chi connectivity index (χ3v) is 5.57. The van der Waals surface area contributed by atoms with Crippen molar-refractivity contribution in [1.29, 1.82) is 0 Å². The van der Waals surface area contributed by atoms with Gasteiger partial charge in [0.2, 0.25) is 0 Å². The van der Waals surface area contributed by atoms with E-state index in [0.717, 1.165) is 12.1 Å². The largest absolute Gasteiger partial charge is 0.496 e. The van der Waals surface area contributed by atoms with E-state index in [9.17, 15) is 23.1 Å². The lowest BCUT2D eigenvalue weighted by molar-refractivity contribution is -0.138. The van der Waals surface area contributed by atoms with Gasteiger partial charge in [0, 0.05) is 18.2 Å². The van der Waals surface area contributed by atoms with Gasteiger partial charge in [-0.3, -0.25) is 4.79 Å². The number of carboxylic acids is 1. The third-order valence-electron chi connectivity index (χ3n) is 5.57. The van der Waals surface area contributed by atoms with Crippen molar-refractivity contribution >= 4 is 5.97 Å². The first kappa shape index (κ1) is 25.3. The number of hydrogen-bond acceptors (Lipinski definition) is 4. The van der Waals surface area contributed by atoms with Gasteiger partial charge in [0.25, 0.3) is 0 Å². The Bertz CT molecular complexity index is 1130. The molecule has 8 heteroatoms. The molecule has 3 aromatic rings. The molecule has 0 bridgehead atoms. The Morgan fingerprint density at radius 1 is 1.03 bits per heavy atom. The van der Waals surface area contributed by atoms with E-state index in [-0.39, 0.29) is 13.0 Å². The molecule has 0 heterocycles. The van der Waals surface area contributed by atoms with Crippen LogP contribution in [-0.2, 0) is 23.9 Å². The Morgan fingerprint density at radius 3 is 2.35 bits per heavy atom. The zero-order chi connectivity index (χ0) is 24.9. The van der Waals surface area contributed by atoms with Gasteiger partial charge in [0.1, 0.15) is 5.75 Å². The number of halogens is 3. The van der Waals surface area contributed by atoms with Crippen molar-refractivity contribution in [1.82, 2.24) is 5.32 Å². The first-order chi connectivity index (χ1) is 16.1. The maximum atomic E-state index is 13.5. The van der Waals surface area contributed by atoms with Crippen molar-refractivity contribution in [3.8, 4) is 16.9 Å². The molecule has 3 N–H and O–H groups in total. The van der Waals surface area contributed by atoms with Crippen molar-refractivity contribution in [3.63, 3.8) is 0 Å². The first-order valence-electron chi connectivity index (χ1n) is 10.7. The molecule has 0 aromatic heterocycles. The highest BCUT2D eigenvalue weighted by molar-refractivity contribution is 5.77. The fourth-order valence-electron chi connectivity index (χ4n) is 3.75. The Hall–Kier alpha value is -3.36. The predicted molar refractivity (Wildman–Crippen MR) is 122 cm³/mol. The van der Waals surface area contributed by atoms with Crippen molar-refractivity contribution < 1.29 is 32.9 Å². The maximum Gasteiger partial charge on any atom is 0.416 e. The lowest BCUT2D eigenvalue weighted by Crippen LogP contribution is -2.32. The molecule has 180 valence electrons. The van der Waals surface area contributed by atoms with Crippen LogP contribution in [0.3, 0.4) is 0 Å². The summed E-state index contributed by atoms with van der Waals surface area (Å²) in [4.78, 5) is 11.2. The molecule has 3 rings (SSSR count). The van der Waals surface area contributed by atoms with Gasteiger partial charge in [-0.05, 0) is 53.4 Å². The summed E-state index contributed by atoms with van der Waals surface area (Å²) in [5.74, 6) is -0.610. The van der Waals surface area contributed by atoms with E-state index in [2.05, 4.69) is 5.32 Å². The van der Waals surface area contributed by atoms with Crippen molar-refractivity contribution in [2.45, 2.75) is 38.2 Å². The van der Waals surface area contributed by atoms with Crippen LogP contribution in [0.5, 0.6) is 5.75 Å². The topological polar surface area (TPSA) is 78.8 Å². The number of alkyl halides is 3. The van der Waals surface area contributed by atoms with E-state index in [1.807, 2.05) is 6.07 Å². The van der Waals surface area contributed by atoms with Gasteiger partial charge in [0.15, 0.2) is 0 Å². The maximum absolute atomic E-state index is 13.5. The molecule has 0 aliphatic heterocycles. The van der Waals surface area contributed by atoms with Crippen LogP contribution in [-0.4, -0.2) is 29.3 Å². The number of aliphatic hydroxyl groups is 1.